The van der Waals surface area contributed by atoms with Gasteiger partial charge in [-0.1, -0.05) is 37.8 Å². The topological polar surface area (TPSA) is 25.8 Å². The van der Waals surface area contributed by atoms with Crippen LogP contribution < -0.4 is 0 Å². The Morgan fingerprint density at radius 3 is 2.62 bits per heavy atom. The molecule has 0 saturated heterocycles. The summed E-state index contributed by atoms with van der Waals surface area (Å²) in [5.74, 6) is 1.48. The lowest BCUT2D eigenvalue weighted by Crippen LogP contribution is -2.05. The summed E-state index contributed by atoms with van der Waals surface area (Å²) in [6, 6.07) is 0. The fourth-order valence-corrected chi connectivity index (χ4v) is 2.82. The zero-order valence-electron chi connectivity index (χ0n) is 9.47. The highest BCUT2D eigenvalue weighted by Gasteiger charge is 2.21. The van der Waals surface area contributed by atoms with E-state index < -0.39 is 0 Å². The van der Waals surface area contributed by atoms with Crippen LogP contribution in [0.2, 0.25) is 5.15 Å². The molecule has 2 rings (SSSR count). The minimum Gasteiger partial charge on any atom is -0.236 e. The quantitative estimate of drug-likeness (QED) is 0.768. The predicted molar refractivity (Wildman–Crippen MR) is 69.9 cm³/mol. The molecule has 1 aliphatic rings. The molecule has 0 unspecified atom stereocenters. The van der Waals surface area contributed by atoms with Gasteiger partial charge in [-0.2, -0.15) is 0 Å². The van der Waals surface area contributed by atoms with E-state index in [1.54, 1.807) is 0 Å². The Morgan fingerprint density at radius 1 is 1.31 bits per heavy atom. The van der Waals surface area contributed by atoms with E-state index in [1.807, 2.05) is 0 Å². The van der Waals surface area contributed by atoms with Gasteiger partial charge in [0.1, 0.15) is 11.0 Å². The number of aromatic nitrogens is 2. The zero-order valence-corrected chi connectivity index (χ0v) is 11.8. The Labute approximate surface area is 110 Å². The van der Waals surface area contributed by atoms with E-state index >= 15 is 0 Å². The van der Waals surface area contributed by atoms with E-state index in [4.69, 9.17) is 11.6 Å². The van der Waals surface area contributed by atoms with Crippen molar-refractivity contribution >= 4 is 27.5 Å². The van der Waals surface area contributed by atoms with Crippen LogP contribution >= 0.6 is 27.5 Å². The van der Waals surface area contributed by atoms with Crippen LogP contribution in [-0.2, 0) is 6.42 Å². The van der Waals surface area contributed by atoms with Gasteiger partial charge in [0, 0.05) is 5.92 Å². The molecule has 0 radical (unpaired) electrons. The fourth-order valence-electron chi connectivity index (χ4n) is 2.25. The van der Waals surface area contributed by atoms with Gasteiger partial charge >= 0.3 is 0 Å². The molecule has 0 aromatic carbocycles. The predicted octanol–water partition coefficient (Wildman–Crippen LogP) is 4.50. The fraction of sp³-hybridized carbons (Fsp3) is 0.667. The lowest BCUT2D eigenvalue weighted by atomic mass is 10.1. The highest BCUT2D eigenvalue weighted by molar-refractivity contribution is 9.10. The van der Waals surface area contributed by atoms with Crippen molar-refractivity contribution in [2.75, 3.05) is 0 Å². The zero-order chi connectivity index (χ0) is 11.5. The molecule has 4 heteroatoms. The molecule has 0 amide bonds. The van der Waals surface area contributed by atoms with Crippen molar-refractivity contribution in [3.8, 4) is 0 Å². The van der Waals surface area contributed by atoms with Crippen molar-refractivity contribution in [1.29, 1.82) is 0 Å². The van der Waals surface area contributed by atoms with Crippen LogP contribution in [0.5, 0.6) is 0 Å². The molecule has 1 aliphatic carbocycles. The largest absolute Gasteiger partial charge is 0.236 e. The average molecular weight is 304 g/mol. The van der Waals surface area contributed by atoms with Crippen molar-refractivity contribution in [3.63, 3.8) is 0 Å². The van der Waals surface area contributed by atoms with Crippen molar-refractivity contribution in [1.82, 2.24) is 9.97 Å². The third kappa shape index (κ3) is 2.57. The maximum atomic E-state index is 6.14. The lowest BCUT2D eigenvalue weighted by Gasteiger charge is -2.11. The third-order valence-corrected chi connectivity index (χ3v) is 4.44. The van der Waals surface area contributed by atoms with Crippen LogP contribution in [-0.4, -0.2) is 9.97 Å². The minimum absolute atomic E-state index is 0.529. The smallest absolute Gasteiger partial charge is 0.147 e. The summed E-state index contributed by atoms with van der Waals surface area (Å²) in [6.45, 7) is 2.15. The van der Waals surface area contributed by atoms with Crippen LogP contribution in [0, 0.1) is 0 Å². The Bertz CT molecular complexity index is 376. The molecule has 1 heterocycles. The number of aryl methyl sites for hydroxylation is 1. The highest BCUT2D eigenvalue weighted by atomic mass is 79.9. The second-order valence-electron chi connectivity index (χ2n) is 4.36. The Kier molecular flexibility index (Phi) is 4.20. The molecule has 0 N–H and O–H groups in total. The maximum Gasteiger partial charge on any atom is 0.147 e. The number of halogens is 2. The summed E-state index contributed by atoms with van der Waals surface area (Å²) in [4.78, 5) is 9.07. The summed E-state index contributed by atoms with van der Waals surface area (Å²) < 4.78 is 0.873. The molecular formula is C12H16BrClN2. The Hall–Kier alpha value is -0.150. The first-order chi connectivity index (χ1) is 7.72. The average Bonchev–Trinajstić information content (AvgIpc) is 2.78. The summed E-state index contributed by atoms with van der Waals surface area (Å²) in [7, 11) is 0. The van der Waals surface area contributed by atoms with Crippen molar-refractivity contribution in [3.05, 3.63) is 21.1 Å². The number of rotatable bonds is 3. The summed E-state index contributed by atoms with van der Waals surface area (Å²) >= 11 is 9.60. The standard InChI is InChI=1S/C12H16BrClN2/c1-2-5-9-10(13)11(14)16-12(15-9)8-6-3-4-7-8/h8H,2-7H2,1H3. The molecule has 1 aromatic rings. The van der Waals surface area contributed by atoms with E-state index in [0.717, 1.165) is 28.8 Å². The second-order valence-corrected chi connectivity index (χ2v) is 5.52. The molecule has 88 valence electrons. The van der Waals surface area contributed by atoms with E-state index in [2.05, 4.69) is 32.8 Å². The summed E-state index contributed by atoms with van der Waals surface area (Å²) in [5, 5.41) is 0.570. The van der Waals surface area contributed by atoms with E-state index in [-0.39, 0.29) is 0 Å². The molecule has 2 nitrogen and oxygen atoms in total. The highest BCUT2D eigenvalue weighted by Crippen LogP contribution is 2.34. The molecule has 0 aliphatic heterocycles. The van der Waals surface area contributed by atoms with Gasteiger partial charge in [0.25, 0.3) is 0 Å². The van der Waals surface area contributed by atoms with Crippen molar-refractivity contribution < 1.29 is 0 Å². The van der Waals surface area contributed by atoms with Gasteiger partial charge in [-0.05, 0) is 35.2 Å². The summed E-state index contributed by atoms with van der Waals surface area (Å²) in [5.41, 5.74) is 1.06. The van der Waals surface area contributed by atoms with Gasteiger partial charge in [-0.25, -0.2) is 9.97 Å². The molecular weight excluding hydrogens is 288 g/mol. The number of hydrogen-bond acceptors (Lipinski definition) is 2. The van der Waals surface area contributed by atoms with Crippen LogP contribution in [0.4, 0.5) is 0 Å². The van der Waals surface area contributed by atoms with Crippen molar-refractivity contribution in [2.24, 2.45) is 0 Å². The maximum absolute atomic E-state index is 6.14. The van der Waals surface area contributed by atoms with E-state index in [1.165, 1.54) is 25.7 Å². The molecule has 0 bridgehead atoms. The molecule has 0 spiro atoms. The first kappa shape index (κ1) is 12.3. The number of nitrogens with zero attached hydrogens (tertiary/aromatic N) is 2. The SMILES string of the molecule is CCCc1nc(C2CCCC2)nc(Cl)c1Br. The van der Waals surface area contributed by atoms with Gasteiger partial charge < -0.3 is 0 Å². The molecule has 1 aromatic heterocycles. The van der Waals surface area contributed by atoms with E-state index in [9.17, 15) is 0 Å². The van der Waals surface area contributed by atoms with Gasteiger partial charge in [0.2, 0.25) is 0 Å². The van der Waals surface area contributed by atoms with Crippen LogP contribution in [0.25, 0.3) is 0 Å². The molecule has 1 saturated carbocycles. The lowest BCUT2D eigenvalue weighted by molar-refractivity contribution is 0.656. The van der Waals surface area contributed by atoms with E-state index in [0.29, 0.717) is 11.1 Å². The van der Waals surface area contributed by atoms with Gasteiger partial charge in [0.15, 0.2) is 0 Å². The molecule has 1 fully saturated rings. The van der Waals surface area contributed by atoms with Crippen LogP contribution in [0.3, 0.4) is 0 Å². The first-order valence-corrected chi connectivity index (χ1v) is 7.11. The molecule has 16 heavy (non-hydrogen) atoms. The van der Waals surface area contributed by atoms with Gasteiger partial charge in [0.05, 0.1) is 10.2 Å². The van der Waals surface area contributed by atoms with Gasteiger partial charge in [-0.15, -0.1) is 0 Å². The van der Waals surface area contributed by atoms with Gasteiger partial charge in [-0.3, -0.25) is 0 Å². The monoisotopic (exact) mass is 302 g/mol. The third-order valence-electron chi connectivity index (χ3n) is 3.10. The summed E-state index contributed by atoms with van der Waals surface area (Å²) in [6.07, 6.45) is 7.06. The Morgan fingerprint density at radius 2 is 2.00 bits per heavy atom. The molecule has 0 atom stereocenters. The Balaban J connectivity index is 2.31. The van der Waals surface area contributed by atoms with Crippen molar-refractivity contribution in [2.45, 2.75) is 51.4 Å². The van der Waals surface area contributed by atoms with Crippen LogP contribution in [0.15, 0.2) is 4.47 Å². The number of hydrogen-bond donors (Lipinski definition) is 0. The first-order valence-electron chi connectivity index (χ1n) is 5.94. The second kappa shape index (κ2) is 5.46. The van der Waals surface area contributed by atoms with Crippen LogP contribution in [0.1, 0.15) is 56.5 Å². The normalized spacial score (nSPS) is 16.9. The minimum atomic E-state index is 0.529.